The molecule has 2 unspecified atom stereocenters. The molecule has 146 valence electrons. The molecule has 0 saturated carbocycles. The summed E-state index contributed by atoms with van der Waals surface area (Å²) in [5.74, 6) is 0.365. The predicted octanol–water partition coefficient (Wildman–Crippen LogP) is 4.09. The van der Waals surface area contributed by atoms with Crippen molar-refractivity contribution in [2.45, 2.75) is 43.7 Å². The van der Waals surface area contributed by atoms with Crippen LogP contribution >= 0.6 is 0 Å². The Labute approximate surface area is 163 Å². The van der Waals surface area contributed by atoms with E-state index in [9.17, 15) is 12.8 Å². The van der Waals surface area contributed by atoms with Crippen LogP contribution in [0.2, 0.25) is 0 Å². The molecule has 2 atom stereocenters. The number of rotatable bonds is 4. The molecule has 8 heteroatoms. The Morgan fingerprint density at radius 2 is 1.64 bits per heavy atom. The SMILES string of the molecule is Cc1ccc(S(=O)(=O)N2C(c3ccc(F)cc3)CCC2c2nc(C)no2)cc1. The third-order valence-corrected chi connectivity index (χ3v) is 6.94. The Morgan fingerprint density at radius 1 is 1.00 bits per heavy atom. The minimum absolute atomic E-state index is 0.202. The van der Waals surface area contributed by atoms with Gasteiger partial charge in [0.15, 0.2) is 5.82 Å². The monoisotopic (exact) mass is 401 g/mol. The second-order valence-electron chi connectivity index (χ2n) is 6.99. The molecule has 28 heavy (non-hydrogen) atoms. The molecule has 1 aliphatic rings. The minimum atomic E-state index is -3.84. The van der Waals surface area contributed by atoms with Crippen LogP contribution in [-0.4, -0.2) is 22.9 Å². The van der Waals surface area contributed by atoms with Crippen LogP contribution in [0.15, 0.2) is 57.9 Å². The van der Waals surface area contributed by atoms with Crippen molar-refractivity contribution in [1.82, 2.24) is 14.4 Å². The first-order valence-corrected chi connectivity index (χ1v) is 10.5. The third kappa shape index (κ3) is 3.33. The molecule has 0 aliphatic carbocycles. The predicted molar refractivity (Wildman–Crippen MR) is 100 cm³/mol. The summed E-state index contributed by atoms with van der Waals surface area (Å²) >= 11 is 0. The van der Waals surface area contributed by atoms with Gasteiger partial charge in [-0.25, -0.2) is 12.8 Å². The van der Waals surface area contributed by atoms with Crippen LogP contribution in [0.3, 0.4) is 0 Å². The molecule has 1 fully saturated rings. The standard InChI is InChI=1S/C20H20FN3O3S/c1-13-3-9-17(10-4-13)28(25,26)24-18(15-5-7-16(21)8-6-15)11-12-19(24)20-22-14(2)23-27-20/h3-10,18-19H,11-12H2,1-2H3. The van der Waals surface area contributed by atoms with Gasteiger partial charge >= 0.3 is 0 Å². The molecule has 4 rings (SSSR count). The van der Waals surface area contributed by atoms with E-state index in [1.807, 2.05) is 6.92 Å². The fraction of sp³-hybridized carbons (Fsp3) is 0.300. The lowest BCUT2D eigenvalue weighted by Crippen LogP contribution is -2.33. The summed E-state index contributed by atoms with van der Waals surface area (Å²) in [6, 6.07) is 11.7. The fourth-order valence-electron chi connectivity index (χ4n) is 3.63. The van der Waals surface area contributed by atoms with E-state index >= 15 is 0 Å². The minimum Gasteiger partial charge on any atom is -0.338 e. The van der Waals surface area contributed by atoms with Crippen LogP contribution < -0.4 is 0 Å². The molecule has 0 radical (unpaired) electrons. The first-order valence-electron chi connectivity index (χ1n) is 9.02. The number of hydrogen-bond acceptors (Lipinski definition) is 5. The Kier molecular flexibility index (Phi) is 4.76. The molecule has 0 N–H and O–H groups in total. The first kappa shape index (κ1) is 18.8. The summed E-state index contributed by atoms with van der Waals surface area (Å²) in [5, 5.41) is 3.81. The van der Waals surface area contributed by atoms with Gasteiger partial charge in [0.25, 0.3) is 0 Å². The van der Waals surface area contributed by atoms with Gasteiger partial charge in [-0.05, 0) is 56.5 Å². The van der Waals surface area contributed by atoms with E-state index in [0.717, 1.165) is 11.1 Å². The van der Waals surface area contributed by atoms with Crippen LogP contribution in [-0.2, 0) is 10.0 Å². The lowest BCUT2D eigenvalue weighted by Gasteiger charge is -2.28. The van der Waals surface area contributed by atoms with Crippen molar-refractivity contribution < 1.29 is 17.3 Å². The molecule has 0 spiro atoms. The van der Waals surface area contributed by atoms with E-state index in [2.05, 4.69) is 10.1 Å². The Hall–Kier alpha value is -2.58. The summed E-state index contributed by atoms with van der Waals surface area (Å²) in [6.45, 7) is 3.59. The van der Waals surface area contributed by atoms with E-state index in [1.165, 1.54) is 16.4 Å². The highest BCUT2D eigenvalue weighted by molar-refractivity contribution is 7.89. The molecule has 6 nitrogen and oxygen atoms in total. The number of aromatic nitrogens is 2. The summed E-state index contributed by atoms with van der Waals surface area (Å²) in [6.07, 6.45) is 1.11. The van der Waals surface area contributed by atoms with Crippen molar-refractivity contribution in [3.63, 3.8) is 0 Å². The lowest BCUT2D eigenvalue weighted by molar-refractivity contribution is 0.262. The number of benzene rings is 2. The Bertz CT molecular complexity index is 1080. The number of hydrogen-bond donors (Lipinski definition) is 0. The summed E-state index contributed by atoms with van der Waals surface area (Å²) in [5.41, 5.74) is 1.70. The third-order valence-electron chi connectivity index (χ3n) is 5.01. The Balaban J connectivity index is 1.81. The molecule has 3 aromatic rings. The van der Waals surface area contributed by atoms with Gasteiger partial charge in [-0.2, -0.15) is 9.29 Å². The summed E-state index contributed by atoms with van der Waals surface area (Å²) < 4.78 is 47.2. The Morgan fingerprint density at radius 3 is 2.25 bits per heavy atom. The van der Waals surface area contributed by atoms with Crippen molar-refractivity contribution in [3.05, 3.63) is 77.2 Å². The molecular weight excluding hydrogens is 381 g/mol. The number of aryl methyl sites for hydroxylation is 2. The maximum Gasteiger partial charge on any atom is 0.245 e. The van der Waals surface area contributed by atoms with Gasteiger partial charge in [0.2, 0.25) is 15.9 Å². The van der Waals surface area contributed by atoms with Crippen LogP contribution in [0.4, 0.5) is 4.39 Å². The van der Waals surface area contributed by atoms with Crippen molar-refractivity contribution in [1.29, 1.82) is 0 Å². The summed E-state index contributed by atoms with van der Waals surface area (Å²) in [4.78, 5) is 4.46. The zero-order chi connectivity index (χ0) is 19.9. The maximum absolute atomic E-state index is 13.5. The van der Waals surface area contributed by atoms with Crippen molar-refractivity contribution in [2.24, 2.45) is 0 Å². The number of nitrogens with zero attached hydrogens (tertiary/aromatic N) is 3. The zero-order valence-electron chi connectivity index (χ0n) is 15.5. The highest BCUT2D eigenvalue weighted by Gasteiger charge is 2.46. The molecular formula is C20H20FN3O3S. The lowest BCUT2D eigenvalue weighted by atomic mass is 10.1. The average molecular weight is 401 g/mol. The average Bonchev–Trinajstić information content (AvgIpc) is 3.29. The molecule has 0 bridgehead atoms. The van der Waals surface area contributed by atoms with Gasteiger partial charge in [0.05, 0.1) is 10.9 Å². The second-order valence-corrected chi connectivity index (χ2v) is 8.83. The van der Waals surface area contributed by atoms with Gasteiger partial charge in [-0.1, -0.05) is 35.0 Å². The van der Waals surface area contributed by atoms with Gasteiger partial charge in [0.1, 0.15) is 11.9 Å². The van der Waals surface area contributed by atoms with Gasteiger partial charge in [0, 0.05) is 0 Å². The smallest absolute Gasteiger partial charge is 0.245 e. The van der Waals surface area contributed by atoms with Gasteiger partial charge < -0.3 is 4.52 Å². The van der Waals surface area contributed by atoms with Crippen LogP contribution in [0.1, 0.15) is 47.8 Å². The largest absolute Gasteiger partial charge is 0.338 e. The highest BCUT2D eigenvalue weighted by atomic mass is 32.2. The topological polar surface area (TPSA) is 76.3 Å². The van der Waals surface area contributed by atoms with E-state index in [0.29, 0.717) is 18.7 Å². The highest BCUT2D eigenvalue weighted by Crippen LogP contribution is 2.47. The molecule has 1 aliphatic heterocycles. The van der Waals surface area contributed by atoms with E-state index in [4.69, 9.17) is 4.52 Å². The molecule has 0 amide bonds. The molecule has 2 aromatic carbocycles. The normalized spacial score (nSPS) is 20.5. The van der Waals surface area contributed by atoms with Crippen LogP contribution in [0, 0.1) is 19.7 Å². The fourth-order valence-corrected chi connectivity index (χ4v) is 5.45. The molecule has 1 aromatic heterocycles. The van der Waals surface area contributed by atoms with Gasteiger partial charge in [-0.15, -0.1) is 0 Å². The maximum atomic E-state index is 13.5. The van der Waals surface area contributed by atoms with Crippen molar-refractivity contribution in [2.75, 3.05) is 0 Å². The van der Waals surface area contributed by atoms with Gasteiger partial charge in [-0.3, -0.25) is 0 Å². The van der Waals surface area contributed by atoms with Crippen molar-refractivity contribution >= 4 is 10.0 Å². The first-order chi connectivity index (χ1) is 13.4. The number of halogens is 1. The second kappa shape index (κ2) is 7.10. The van der Waals surface area contributed by atoms with E-state index in [-0.39, 0.29) is 16.6 Å². The van der Waals surface area contributed by atoms with E-state index in [1.54, 1.807) is 43.3 Å². The quantitative estimate of drug-likeness (QED) is 0.658. The molecule has 1 saturated heterocycles. The van der Waals surface area contributed by atoms with E-state index < -0.39 is 22.1 Å². The molecule has 2 heterocycles. The number of sulfonamides is 1. The van der Waals surface area contributed by atoms with Crippen LogP contribution in [0.5, 0.6) is 0 Å². The summed E-state index contributed by atoms with van der Waals surface area (Å²) in [7, 11) is -3.84. The van der Waals surface area contributed by atoms with Crippen LogP contribution in [0.25, 0.3) is 0 Å². The zero-order valence-corrected chi connectivity index (χ0v) is 16.4. The van der Waals surface area contributed by atoms with Crippen molar-refractivity contribution in [3.8, 4) is 0 Å².